The quantitative estimate of drug-likeness (QED) is 0.211. The molecule has 0 saturated carbocycles. The molecule has 0 heterocycles. The number of benzene rings is 2. The summed E-state index contributed by atoms with van der Waals surface area (Å²) in [6.45, 7) is 5.01. The van der Waals surface area contributed by atoms with Crippen LogP contribution in [-0.4, -0.2) is 16.7 Å². The molecular formula is C17H13NO5. The molecule has 0 aliphatic heterocycles. The Hall–Kier alpha value is -3.28. The van der Waals surface area contributed by atoms with E-state index >= 15 is 0 Å². The lowest BCUT2D eigenvalue weighted by Gasteiger charge is -2.05. The lowest BCUT2D eigenvalue weighted by molar-refractivity contribution is -0.384. The number of non-ortho nitro benzene ring substituents is 1. The fourth-order valence-corrected chi connectivity index (χ4v) is 1.80. The van der Waals surface area contributed by atoms with Crippen LogP contribution >= 0.6 is 0 Å². The highest BCUT2D eigenvalue weighted by Gasteiger charge is 2.14. The van der Waals surface area contributed by atoms with E-state index in [1.165, 1.54) is 55.5 Å². The van der Waals surface area contributed by atoms with E-state index < -0.39 is 10.9 Å². The number of nitrogens with zero attached hydrogens (tertiary/aromatic N) is 1. The number of ketones is 1. The molecule has 2 aromatic rings. The van der Waals surface area contributed by atoms with Crippen molar-refractivity contribution in [3.63, 3.8) is 0 Å². The molecule has 0 aromatic heterocycles. The van der Waals surface area contributed by atoms with Gasteiger partial charge in [0.1, 0.15) is 5.75 Å². The Bertz CT molecular complexity index is 793. The molecule has 0 amide bonds. The highest BCUT2D eigenvalue weighted by molar-refractivity contribution is 6.09. The Labute approximate surface area is 132 Å². The molecule has 0 radical (unpaired) electrons. The number of hydrogen-bond acceptors (Lipinski definition) is 5. The van der Waals surface area contributed by atoms with Crippen LogP contribution in [0.2, 0.25) is 0 Å². The fraction of sp³-hybridized carbons (Fsp3) is 0.0588. The standard InChI is InChI=1S/C17H13NO5/c1-11(2)17(20)23-15-8-6-12(7-9-15)16(19)13-4-3-5-14(10-13)18(21)22/h3-10H,1H2,2H3. The maximum absolute atomic E-state index is 12.3. The molecule has 0 aliphatic carbocycles. The van der Waals surface area contributed by atoms with Gasteiger partial charge in [0.25, 0.3) is 5.69 Å². The zero-order chi connectivity index (χ0) is 17.0. The first-order valence-electron chi connectivity index (χ1n) is 6.65. The van der Waals surface area contributed by atoms with E-state index in [0.29, 0.717) is 5.56 Å². The minimum atomic E-state index is -0.559. The molecule has 0 fully saturated rings. The van der Waals surface area contributed by atoms with Crippen LogP contribution in [0.25, 0.3) is 0 Å². The van der Waals surface area contributed by atoms with E-state index in [4.69, 9.17) is 4.74 Å². The number of ether oxygens (including phenoxy) is 1. The molecule has 0 saturated heterocycles. The molecule has 0 atom stereocenters. The lowest BCUT2D eigenvalue weighted by atomic mass is 10.0. The number of hydrogen-bond donors (Lipinski definition) is 0. The minimum absolute atomic E-state index is 0.150. The van der Waals surface area contributed by atoms with E-state index in [2.05, 4.69) is 6.58 Å². The molecule has 6 nitrogen and oxygen atoms in total. The van der Waals surface area contributed by atoms with Crippen LogP contribution in [0.15, 0.2) is 60.7 Å². The van der Waals surface area contributed by atoms with Gasteiger partial charge in [0.2, 0.25) is 0 Å². The number of carbonyl (C=O) groups excluding carboxylic acids is 2. The number of nitro benzene ring substituents is 1. The van der Waals surface area contributed by atoms with Gasteiger partial charge >= 0.3 is 5.97 Å². The number of nitro groups is 1. The third-order valence-electron chi connectivity index (χ3n) is 2.99. The summed E-state index contributed by atoms with van der Waals surface area (Å²) in [5.41, 5.74) is 0.663. The third kappa shape index (κ3) is 3.88. The topological polar surface area (TPSA) is 86.5 Å². The molecule has 0 spiro atoms. The van der Waals surface area contributed by atoms with Crippen molar-refractivity contribution in [3.05, 3.63) is 81.9 Å². The fourth-order valence-electron chi connectivity index (χ4n) is 1.80. The summed E-state index contributed by atoms with van der Waals surface area (Å²) in [6.07, 6.45) is 0. The van der Waals surface area contributed by atoms with Gasteiger partial charge in [-0.1, -0.05) is 18.7 Å². The van der Waals surface area contributed by atoms with E-state index in [0.717, 1.165) is 0 Å². The Morgan fingerprint density at radius 1 is 1.09 bits per heavy atom. The molecule has 2 aromatic carbocycles. The second-order valence-electron chi connectivity index (χ2n) is 4.83. The predicted octanol–water partition coefficient (Wildman–Crippen LogP) is 3.31. The molecule has 0 unspecified atom stereocenters. The second kappa shape index (κ2) is 6.65. The van der Waals surface area contributed by atoms with Crippen molar-refractivity contribution in [2.45, 2.75) is 6.92 Å². The van der Waals surface area contributed by atoms with Crippen LogP contribution in [0.4, 0.5) is 5.69 Å². The van der Waals surface area contributed by atoms with Gasteiger partial charge < -0.3 is 4.74 Å². The normalized spacial score (nSPS) is 9.96. The van der Waals surface area contributed by atoms with E-state index in [1.807, 2.05) is 0 Å². The summed E-state index contributed by atoms with van der Waals surface area (Å²) < 4.78 is 5.03. The monoisotopic (exact) mass is 311 g/mol. The Morgan fingerprint density at radius 2 is 1.74 bits per heavy atom. The zero-order valence-corrected chi connectivity index (χ0v) is 12.3. The summed E-state index contributed by atoms with van der Waals surface area (Å²) in [5, 5.41) is 10.8. The minimum Gasteiger partial charge on any atom is -0.423 e. The lowest BCUT2D eigenvalue weighted by Crippen LogP contribution is -2.08. The number of rotatable bonds is 5. The molecule has 23 heavy (non-hydrogen) atoms. The Kier molecular flexibility index (Phi) is 4.66. The van der Waals surface area contributed by atoms with Crippen LogP contribution in [0.1, 0.15) is 22.8 Å². The highest BCUT2D eigenvalue weighted by atomic mass is 16.6. The summed E-state index contributed by atoms with van der Waals surface area (Å²) in [5.74, 6) is -0.622. The van der Waals surface area contributed by atoms with Crippen LogP contribution < -0.4 is 4.74 Å². The largest absolute Gasteiger partial charge is 0.423 e. The van der Waals surface area contributed by atoms with Crippen molar-refractivity contribution in [2.75, 3.05) is 0 Å². The van der Waals surface area contributed by atoms with Crippen molar-refractivity contribution in [1.29, 1.82) is 0 Å². The van der Waals surface area contributed by atoms with Crippen LogP contribution in [0, 0.1) is 10.1 Å². The molecule has 116 valence electrons. The first kappa shape index (κ1) is 16.1. The highest BCUT2D eigenvalue weighted by Crippen LogP contribution is 2.19. The smallest absolute Gasteiger partial charge is 0.338 e. The summed E-state index contributed by atoms with van der Waals surface area (Å²) in [7, 11) is 0. The van der Waals surface area contributed by atoms with Crippen molar-refractivity contribution in [2.24, 2.45) is 0 Å². The molecule has 2 rings (SSSR count). The van der Waals surface area contributed by atoms with E-state index in [-0.39, 0.29) is 28.4 Å². The number of carbonyl (C=O) groups is 2. The SMILES string of the molecule is C=C(C)C(=O)Oc1ccc(C(=O)c2cccc([N+](=O)[O-])c2)cc1. The summed E-state index contributed by atoms with van der Waals surface area (Å²) in [4.78, 5) is 33.9. The Morgan fingerprint density at radius 3 is 2.30 bits per heavy atom. The van der Waals surface area contributed by atoms with Gasteiger partial charge in [0, 0.05) is 28.8 Å². The first-order valence-corrected chi connectivity index (χ1v) is 6.65. The predicted molar refractivity (Wildman–Crippen MR) is 83.4 cm³/mol. The van der Waals surface area contributed by atoms with Crippen molar-refractivity contribution >= 4 is 17.4 Å². The first-order chi connectivity index (χ1) is 10.9. The van der Waals surface area contributed by atoms with Gasteiger partial charge in [0.15, 0.2) is 5.78 Å². The zero-order valence-electron chi connectivity index (χ0n) is 12.3. The van der Waals surface area contributed by atoms with Gasteiger partial charge in [-0.05, 0) is 31.2 Å². The van der Waals surface area contributed by atoms with Gasteiger partial charge in [-0.15, -0.1) is 0 Å². The second-order valence-corrected chi connectivity index (χ2v) is 4.83. The molecule has 0 bridgehead atoms. The molecule has 0 aliphatic rings. The van der Waals surface area contributed by atoms with Gasteiger partial charge in [-0.25, -0.2) is 4.79 Å². The van der Waals surface area contributed by atoms with Gasteiger partial charge in [-0.2, -0.15) is 0 Å². The molecule has 6 heteroatoms. The average molecular weight is 311 g/mol. The van der Waals surface area contributed by atoms with Gasteiger partial charge in [0.05, 0.1) is 4.92 Å². The van der Waals surface area contributed by atoms with Crippen LogP contribution in [0.5, 0.6) is 5.75 Å². The third-order valence-corrected chi connectivity index (χ3v) is 2.99. The number of esters is 1. The van der Waals surface area contributed by atoms with Gasteiger partial charge in [-0.3, -0.25) is 14.9 Å². The Balaban J connectivity index is 2.20. The van der Waals surface area contributed by atoms with E-state index in [9.17, 15) is 19.7 Å². The summed E-state index contributed by atoms with van der Waals surface area (Å²) >= 11 is 0. The van der Waals surface area contributed by atoms with E-state index in [1.54, 1.807) is 0 Å². The molecule has 0 N–H and O–H groups in total. The average Bonchev–Trinajstić information content (AvgIpc) is 2.55. The van der Waals surface area contributed by atoms with Crippen molar-refractivity contribution < 1.29 is 19.2 Å². The summed E-state index contributed by atoms with van der Waals surface area (Å²) in [6, 6.07) is 11.4. The van der Waals surface area contributed by atoms with Crippen molar-refractivity contribution in [3.8, 4) is 5.75 Å². The maximum Gasteiger partial charge on any atom is 0.338 e. The van der Waals surface area contributed by atoms with Crippen molar-refractivity contribution in [1.82, 2.24) is 0 Å². The molecular weight excluding hydrogens is 298 g/mol. The van der Waals surface area contributed by atoms with Crippen LogP contribution in [0.3, 0.4) is 0 Å². The van der Waals surface area contributed by atoms with Crippen LogP contribution in [-0.2, 0) is 4.79 Å². The maximum atomic E-state index is 12.3.